The highest BCUT2D eigenvalue weighted by molar-refractivity contribution is 6.41. The van der Waals surface area contributed by atoms with Gasteiger partial charge in [0.25, 0.3) is 0 Å². The van der Waals surface area contributed by atoms with Crippen LogP contribution in [0, 0.1) is 55.4 Å². The Morgan fingerprint density at radius 1 is 0.542 bits per heavy atom. The fraction of sp³-hybridized carbons (Fsp3) is 0.444. The summed E-state index contributed by atoms with van der Waals surface area (Å²) in [5, 5.41) is 0. The van der Waals surface area contributed by atoms with Crippen molar-refractivity contribution in [1.29, 1.82) is 0 Å². The molecule has 0 fully saturated rings. The molecule has 2 aromatic heterocycles. The van der Waals surface area contributed by atoms with E-state index in [-0.39, 0.29) is 0 Å². The summed E-state index contributed by atoms with van der Waals surface area (Å²) < 4.78 is 3.33. The third-order valence-corrected chi connectivity index (χ3v) is 5.27. The van der Waals surface area contributed by atoms with Crippen LogP contribution in [0.15, 0.2) is 0 Å². The van der Waals surface area contributed by atoms with E-state index in [9.17, 15) is 9.59 Å². The number of amides is 2. The summed E-state index contributed by atoms with van der Waals surface area (Å²) in [6.45, 7) is 15.7. The van der Waals surface area contributed by atoms with Crippen molar-refractivity contribution in [3.8, 4) is 0 Å². The van der Waals surface area contributed by atoms with Gasteiger partial charge in [0.1, 0.15) is 0 Å². The number of hydrogen-bond donors (Lipinski definition) is 2. The summed E-state index contributed by atoms with van der Waals surface area (Å²) in [5.74, 6) is -1.39. The van der Waals surface area contributed by atoms with Crippen LogP contribution >= 0.6 is 0 Å². The van der Waals surface area contributed by atoms with Gasteiger partial charge >= 0.3 is 11.8 Å². The van der Waals surface area contributed by atoms with Crippen LogP contribution in [0.2, 0.25) is 0 Å². The first-order valence-corrected chi connectivity index (χ1v) is 8.00. The number of rotatable bonds is 2. The lowest BCUT2D eigenvalue weighted by Crippen LogP contribution is -2.39. The van der Waals surface area contributed by atoms with Crippen LogP contribution < -0.4 is 10.9 Å². The zero-order chi connectivity index (χ0) is 18.3. The van der Waals surface area contributed by atoms with Crippen molar-refractivity contribution in [2.24, 2.45) is 0 Å². The Kier molecular flexibility index (Phi) is 4.60. The highest BCUT2D eigenvalue weighted by Crippen LogP contribution is 2.20. The molecule has 2 N–H and O–H groups in total. The van der Waals surface area contributed by atoms with Gasteiger partial charge in [-0.3, -0.25) is 29.8 Å². The van der Waals surface area contributed by atoms with Crippen LogP contribution in [0.25, 0.3) is 0 Å². The van der Waals surface area contributed by atoms with E-state index in [1.165, 1.54) is 0 Å². The summed E-state index contributed by atoms with van der Waals surface area (Å²) in [4.78, 5) is 24.6. The summed E-state index contributed by atoms with van der Waals surface area (Å²) in [6.07, 6.45) is 0. The molecule has 2 aromatic rings. The van der Waals surface area contributed by atoms with Crippen LogP contribution in [0.1, 0.15) is 45.0 Å². The molecule has 0 bridgehead atoms. The molecule has 0 unspecified atom stereocenters. The molecule has 0 aromatic carbocycles. The predicted molar refractivity (Wildman–Crippen MR) is 95.5 cm³/mol. The number of aromatic nitrogens is 2. The van der Waals surface area contributed by atoms with E-state index in [4.69, 9.17) is 0 Å². The van der Waals surface area contributed by atoms with Gasteiger partial charge < -0.3 is 0 Å². The quantitative estimate of drug-likeness (QED) is 0.831. The van der Waals surface area contributed by atoms with Gasteiger partial charge in [-0.25, -0.2) is 0 Å². The summed E-state index contributed by atoms with van der Waals surface area (Å²) in [7, 11) is 0. The van der Waals surface area contributed by atoms with Crippen molar-refractivity contribution < 1.29 is 9.59 Å². The number of carbonyl (C=O) groups excluding carboxylic acids is 2. The van der Waals surface area contributed by atoms with E-state index in [2.05, 4.69) is 10.9 Å². The predicted octanol–water partition coefficient (Wildman–Crippen LogP) is 2.60. The minimum absolute atomic E-state index is 0.695. The summed E-state index contributed by atoms with van der Waals surface area (Å²) in [6, 6.07) is 0. The standard InChI is InChI=1S/C18H26N4O2/c1-9-10(2)14(6)21(13(9)5)19-17(23)18(24)20-22-15(7)11(3)12(4)16(22)8/h1-8H3,(H,19,23)(H,20,24). The lowest BCUT2D eigenvalue weighted by atomic mass is 10.2. The Labute approximate surface area is 142 Å². The molecule has 2 rings (SSSR count). The van der Waals surface area contributed by atoms with Crippen molar-refractivity contribution in [3.05, 3.63) is 45.0 Å². The minimum Gasteiger partial charge on any atom is -0.262 e. The third kappa shape index (κ3) is 2.72. The molecule has 0 spiro atoms. The van der Waals surface area contributed by atoms with Crippen LogP contribution in [0.3, 0.4) is 0 Å². The molecule has 0 atom stereocenters. The molecule has 0 aliphatic rings. The maximum Gasteiger partial charge on any atom is 0.329 e. The molecule has 0 saturated carbocycles. The van der Waals surface area contributed by atoms with Gasteiger partial charge in [0.2, 0.25) is 0 Å². The van der Waals surface area contributed by atoms with Crippen LogP contribution in [0.4, 0.5) is 0 Å². The van der Waals surface area contributed by atoms with Gasteiger partial charge in [0, 0.05) is 22.8 Å². The summed E-state index contributed by atoms with van der Waals surface area (Å²) >= 11 is 0. The molecular formula is C18H26N4O2. The van der Waals surface area contributed by atoms with Crippen LogP contribution in [-0.2, 0) is 9.59 Å². The minimum atomic E-state index is -0.695. The normalized spacial score (nSPS) is 10.8. The second-order valence-corrected chi connectivity index (χ2v) is 6.39. The molecule has 0 aliphatic carbocycles. The Balaban J connectivity index is 2.22. The first-order chi connectivity index (χ1) is 11.1. The lowest BCUT2D eigenvalue weighted by Gasteiger charge is -2.14. The zero-order valence-corrected chi connectivity index (χ0v) is 15.7. The van der Waals surface area contributed by atoms with Crippen molar-refractivity contribution in [3.63, 3.8) is 0 Å². The fourth-order valence-electron chi connectivity index (χ4n) is 2.90. The third-order valence-electron chi connectivity index (χ3n) is 5.27. The van der Waals surface area contributed by atoms with Gasteiger partial charge in [-0.05, 0) is 77.6 Å². The van der Waals surface area contributed by atoms with Crippen molar-refractivity contribution in [2.45, 2.75) is 55.4 Å². The molecule has 2 amide bonds. The van der Waals surface area contributed by atoms with E-state index in [0.29, 0.717) is 0 Å². The molecule has 0 aliphatic heterocycles. The first-order valence-electron chi connectivity index (χ1n) is 8.00. The van der Waals surface area contributed by atoms with E-state index >= 15 is 0 Å². The van der Waals surface area contributed by atoms with Gasteiger partial charge in [0.15, 0.2) is 0 Å². The average Bonchev–Trinajstić information content (AvgIpc) is 2.84. The number of carbonyl (C=O) groups is 2. The molecular weight excluding hydrogens is 304 g/mol. The highest BCUT2D eigenvalue weighted by atomic mass is 16.2. The largest absolute Gasteiger partial charge is 0.329 e. The van der Waals surface area contributed by atoms with Crippen LogP contribution in [0.5, 0.6) is 0 Å². The van der Waals surface area contributed by atoms with Crippen molar-refractivity contribution in [1.82, 2.24) is 9.35 Å². The van der Waals surface area contributed by atoms with Crippen molar-refractivity contribution >= 4 is 11.8 Å². The molecule has 6 nitrogen and oxygen atoms in total. The molecule has 0 radical (unpaired) electrons. The zero-order valence-electron chi connectivity index (χ0n) is 15.7. The second kappa shape index (κ2) is 6.19. The van der Waals surface area contributed by atoms with Gasteiger partial charge in [-0.1, -0.05) is 0 Å². The Morgan fingerprint density at radius 3 is 0.958 bits per heavy atom. The molecule has 6 heteroatoms. The lowest BCUT2D eigenvalue weighted by molar-refractivity contribution is -0.134. The number of hydrogen-bond acceptors (Lipinski definition) is 2. The van der Waals surface area contributed by atoms with E-state index in [0.717, 1.165) is 45.0 Å². The van der Waals surface area contributed by atoms with Gasteiger partial charge in [-0.15, -0.1) is 0 Å². The molecule has 130 valence electrons. The van der Waals surface area contributed by atoms with Gasteiger partial charge in [0.05, 0.1) is 0 Å². The number of nitrogens with one attached hydrogen (secondary N) is 2. The Bertz CT molecular complexity index is 719. The molecule has 2 heterocycles. The number of nitrogens with zero attached hydrogens (tertiary/aromatic N) is 2. The van der Waals surface area contributed by atoms with Gasteiger partial charge in [-0.2, -0.15) is 0 Å². The maximum absolute atomic E-state index is 12.3. The Hall–Kier alpha value is -2.50. The van der Waals surface area contributed by atoms with E-state index in [1.807, 2.05) is 55.4 Å². The fourth-order valence-corrected chi connectivity index (χ4v) is 2.90. The van der Waals surface area contributed by atoms with E-state index < -0.39 is 11.8 Å². The SMILES string of the molecule is Cc1c(C)c(C)n(NC(=O)C(=O)Nn2c(C)c(C)c(C)c2C)c1C. The average molecular weight is 330 g/mol. The molecule has 0 saturated heterocycles. The first kappa shape index (κ1) is 17.8. The highest BCUT2D eigenvalue weighted by Gasteiger charge is 2.20. The molecule has 24 heavy (non-hydrogen) atoms. The monoisotopic (exact) mass is 330 g/mol. The van der Waals surface area contributed by atoms with Crippen molar-refractivity contribution in [2.75, 3.05) is 10.9 Å². The van der Waals surface area contributed by atoms with Crippen LogP contribution in [-0.4, -0.2) is 21.2 Å². The summed E-state index contributed by atoms with van der Waals surface area (Å²) in [5.41, 5.74) is 13.5. The topological polar surface area (TPSA) is 68.1 Å². The smallest absolute Gasteiger partial charge is 0.262 e. The Morgan fingerprint density at radius 2 is 0.750 bits per heavy atom. The maximum atomic E-state index is 12.3. The second-order valence-electron chi connectivity index (χ2n) is 6.39. The van der Waals surface area contributed by atoms with E-state index in [1.54, 1.807) is 9.35 Å².